The Morgan fingerprint density at radius 3 is 2.75 bits per heavy atom. The first kappa shape index (κ1) is 16.5. The summed E-state index contributed by atoms with van der Waals surface area (Å²) in [6, 6.07) is 13.6. The number of aromatic nitrogens is 1. The molecule has 4 nitrogen and oxygen atoms in total. The molecule has 24 heavy (non-hydrogen) atoms. The summed E-state index contributed by atoms with van der Waals surface area (Å²) in [4.78, 5) is 17.0. The quantitative estimate of drug-likeness (QED) is 0.626. The summed E-state index contributed by atoms with van der Waals surface area (Å²) in [6.45, 7) is 0. The number of carbonyl (C=O) groups is 1. The Kier molecular flexibility index (Phi) is 5.17. The van der Waals surface area contributed by atoms with E-state index in [2.05, 4.69) is 6.07 Å². The molecule has 2 aromatic rings. The Labute approximate surface area is 145 Å². The monoisotopic (exact) mass is 338 g/mol. The number of rotatable bonds is 4. The van der Waals surface area contributed by atoms with Gasteiger partial charge in [0.2, 0.25) is 0 Å². The molecule has 122 valence electrons. The maximum atomic E-state index is 12.3. The van der Waals surface area contributed by atoms with E-state index in [0.717, 1.165) is 42.5 Å². The second-order valence-electron chi connectivity index (χ2n) is 5.70. The minimum atomic E-state index is -0.530. The van der Waals surface area contributed by atoms with E-state index in [4.69, 9.17) is 9.72 Å². The molecule has 0 unspecified atom stereocenters. The number of hydrogen-bond acceptors (Lipinski definition) is 5. The van der Waals surface area contributed by atoms with Crippen LogP contribution in [-0.2, 0) is 22.4 Å². The molecule has 1 heterocycles. The van der Waals surface area contributed by atoms with Gasteiger partial charge in [0, 0.05) is 5.69 Å². The normalized spacial score (nSPS) is 14.3. The SMILES string of the molecule is COC(=O)[C@@H](Sc1nc2c(cc1C#N)CCCC2)c1ccccc1. The third kappa shape index (κ3) is 3.44. The highest BCUT2D eigenvalue weighted by Crippen LogP contribution is 2.38. The van der Waals surface area contributed by atoms with Crippen LogP contribution in [0.25, 0.3) is 0 Å². The lowest BCUT2D eigenvalue weighted by atomic mass is 9.95. The lowest BCUT2D eigenvalue weighted by molar-refractivity contribution is -0.140. The number of methoxy groups -OCH3 is 1. The molecule has 0 saturated heterocycles. The number of esters is 1. The van der Waals surface area contributed by atoms with Gasteiger partial charge in [-0.2, -0.15) is 5.26 Å². The summed E-state index contributed by atoms with van der Waals surface area (Å²) >= 11 is 1.29. The summed E-state index contributed by atoms with van der Waals surface area (Å²) in [5.41, 5.74) is 3.60. The van der Waals surface area contributed by atoms with E-state index in [9.17, 15) is 10.1 Å². The summed E-state index contributed by atoms with van der Waals surface area (Å²) < 4.78 is 4.95. The molecule has 0 bridgehead atoms. The Morgan fingerprint density at radius 2 is 2.04 bits per heavy atom. The summed E-state index contributed by atoms with van der Waals surface area (Å²) in [5, 5.41) is 9.56. The lowest BCUT2D eigenvalue weighted by Crippen LogP contribution is -2.13. The van der Waals surface area contributed by atoms with Crippen molar-refractivity contribution in [2.45, 2.75) is 36.0 Å². The van der Waals surface area contributed by atoms with Gasteiger partial charge in [-0.25, -0.2) is 4.98 Å². The topological polar surface area (TPSA) is 63.0 Å². The lowest BCUT2D eigenvalue weighted by Gasteiger charge is -2.19. The Morgan fingerprint density at radius 1 is 1.29 bits per heavy atom. The van der Waals surface area contributed by atoms with Gasteiger partial charge in [-0.1, -0.05) is 42.1 Å². The van der Waals surface area contributed by atoms with Crippen LogP contribution in [0.3, 0.4) is 0 Å². The number of pyridine rings is 1. The zero-order valence-corrected chi connectivity index (χ0v) is 14.3. The van der Waals surface area contributed by atoms with Gasteiger partial charge < -0.3 is 4.74 Å². The number of carbonyl (C=O) groups excluding carboxylic acids is 1. The van der Waals surface area contributed by atoms with Gasteiger partial charge in [-0.05, 0) is 42.9 Å². The number of nitrogens with zero attached hydrogens (tertiary/aromatic N) is 2. The molecule has 0 saturated carbocycles. The molecule has 0 aliphatic heterocycles. The van der Waals surface area contributed by atoms with E-state index in [-0.39, 0.29) is 5.97 Å². The Balaban J connectivity index is 1.98. The molecule has 1 aliphatic rings. The standard InChI is InChI=1S/C19H18N2O2S/c1-23-19(22)17(13-7-3-2-4-8-13)24-18-15(12-20)11-14-9-5-6-10-16(14)21-18/h2-4,7-8,11,17H,5-6,9-10H2,1H3/t17-/m0/s1. The van der Waals surface area contributed by atoms with Crippen LogP contribution in [-0.4, -0.2) is 18.1 Å². The van der Waals surface area contributed by atoms with Crippen LogP contribution in [0.1, 0.15) is 40.5 Å². The number of nitriles is 1. The average Bonchev–Trinajstić information content (AvgIpc) is 2.65. The zero-order valence-electron chi connectivity index (χ0n) is 13.5. The van der Waals surface area contributed by atoms with Gasteiger partial charge in [-0.3, -0.25) is 4.79 Å². The van der Waals surface area contributed by atoms with Crippen molar-refractivity contribution < 1.29 is 9.53 Å². The molecule has 0 fully saturated rings. The fourth-order valence-corrected chi connectivity index (χ4v) is 3.99. The minimum Gasteiger partial charge on any atom is -0.468 e. The average molecular weight is 338 g/mol. The predicted octanol–water partition coefficient (Wildman–Crippen LogP) is 3.84. The van der Waals surface area contributed by atoms with Gasteiger partial charge in [0.15, 0.2) is 0 Å². The van der Waals surface area contributed by atoms with Crippen molar-refractivity contribution in [2.75, 3.05) is 7.11 Å². The molecule has 1 aliphatic carbocycles. The van der Waals surface area contributed by atoms with Crippen molar-refractivity contribution in [3.8, 4) is 6.07 Å². The Hall–Kier alpha value is -2.32. The van der Waals surface area contributed by atoms with Crippen LogP contribution in [0.5, 0.6) is 0 Å². The molecular formula is C19H18N2O2S. The maximum Gasteiger partial charge on any atom is 0.323 e. The number of ether oxygens (including phenoxy) is 1. The molecule has 0 amide bonds. The van der Waals surface area contributed by atoms with Crippen LogP contribution < -0.4 is 0 Å². The van der Waals surface area contributed by atoms with E-state index in [1.165, 1.54) is 18.9 Å². The van der Waals surface area contributed by atoms with Crippen LogP contribution >= 0.6 is 11.8 Å². The molecule has 3 rings (SSSR count). The molecule has 0 N–H and O–H groups in total. The number of aryl methyl sites for hydroxylation is 2. The smallest absolute Gasteiger partial charge is 0.323 e. The highest BCUT2D eigenvalue weighted by Gasteiger charge is 2.26. The third-order valence-electron chi connectivity index (χ3n) is 4.13. The van der Waals surface area contributed by atoms with Gasteiger partial charge in [-0.15, -0.1) is 0 Å². The highest BCUT2D eigenvalue weighted by atomic mass is 32.2. The molecule has 0 radical (unpaired) electrons. The van der Waals surface area contributed by atoms with Gasteiger partial charge in [0.25, 0.3) is 0 Å². The number of hydrogen-bond donors (Lipinski definition) is 0. The van der Waals surface area contributed by atoms with Crippen molar-refractivity contribution in [1.29, 1.82) is 5.26 Å². The zero-order chi connectivity index (χ0) is 16.9. The first-order chi connectivity index (χ1) is 11.7. The fourth-order valence-electron chi connectivity index (χ4n) is 2.88. The Bertz CT molecular complexity index is 784. The van der Waals surface area contributed by atoms with Gasteiger partial charge in [0.1, 0.15) is 16.3 Å². The highest BCUT2D eigenvalue weighted by molar-refractivity contribution is 8.00. The molecular weight excluding hydrogens is 320 g/mol. The number of fused-ring (bicyclic) bond motifs is 1. The molecule has 1 atom stereocenters. The second kappa shape index (κ2) is 7.50. The minimum absolute atomic E-state index is 0.338. The van der Waals surface area contributed by atoms with Crippen molar-refractivity contribution >= 4 is 17.7 Å². The number of thioether (sulfide) groups is 1. The van der Waals surface area contributed by atoms with Crippen LogP contribution in [0.4, 0.5) is 0 Å². The number of benzene rings is 1. The van der Waals surface area contributed by atoms with E-state index in [0.29, 0.717) is 10.6 Å². The van der Waals surface area contributed by atoms with Crippen molar-refractivity contribution in [1.82, 2.24) is 4.98 Å². The largest absolute Gasteiger partial charge is 0.468 e. The van der Waals surface area contributed by atoms with Crippen LogP contribution in [0.15, 0.2) is 41.4 Å². The molecule has 1 aromatic carbocycles. The van der Waals surface area contributed by atoms with Crippen molar-refractivity contribution in [2.24, 2.45) is 0 Å². The van der Waals surface area contributed by atoms with Gasteiger partial charge >= 0.3 is 5.97 Å². The predicted molar refractivity (Wildman–Crippen MR) is 92.7 cm³/mol. The van der Waals surface area contributed by atoms with Crippen LogP contribution in [0.2, 0.25) is 0 Å². The van der Waals surface area contributed by atoms with E-state index >= 15 is 0 Å². The van der Waals surface area contributed by atoms with Crippen molar-refractivity contribution in [3.05, 3.63) is 58.8 Å². The third-order valence-corrected chi connectivity index (χ3v) is 5.37. The van der Waals surface area contributed by atoms with Crippen molar-refractivity contribution in [3.63, 3.8) is 0 Å². The molecule has 1 aromatic heterocycles. The molecule has 0 spiro atoms. The van der Waals surface area contributed by atoms with E-state index in [1.807, 2.05) is 36.4 Å². The first-order valence-corrected chi connectivity index (χ1v) is 8.83. The first-order valence-electron chi connectivity index (χ1n) is 7.95. The van der Waals surface area contributed by atoms with Crippen LogP contribution in [0, 0.1) is 11.3 Å². The summed E-state index contributed by atoms with van der Waals surface area (Å²) in [5.74, 6) is -0.338. The second-order valence-corrected chi connectivity index (χ2v) is 6.79. The summed E-state index contributed by atoms with van der Waals surface area (Å²) in [6.07, 6.45) is 4.17. The van der Waals surface area contributed by atoms with Gasteiger partial charge in [0.05, 0.1) is 12.7 Å². The van der Waals surface area contributed by atoms with E-state index in [1.54, 1.807) is 0 Å². The maximum absolute atomic E-state index is 12.3. The van der Waals surface area contributed by atoms with E-state index < -0.39 is 5.25 Å². The molecule has 5 heteroatoms. The summed E-state index contributed by atoms with van der Waals surface area (Å²) in [7, 11) is 1.38. The fraction of sp³-hybridized carbons (Fsp3) is 0.316.